The number of likely N-dealkylation sites (N-methyl/N-ethyl adjacent to an activating group) is 1. The van der Waals surface area contributed by atoms with Crippen LogP contribution in [0.1, 0.15) is 11.1 Å². The lowest BCUT2D eigenvalue weighted by Gasteiger charge is -2.18. The van der Waals surface area contributed by atoms with Crippen LogP contribution in [0.5, 0.6) is 5.75 Å². The van der Waals surface area contributed by atoms with Crippen LogP contribution in [0.3, 0.4) is 0 Å². The molecule has 1 amide bonds. The number of aryl methyl sites for hydroxylation is 2. The van der Waals surface area contributed by atoms with Crippen LogP contribution in [0.2, 0.25) is 0 Å². The molecule has 5 nitrogen and oxygen atoms in total. The van der Waals surface area contributed by atoms with Gasteiger partial charge in [0.1, 0.15) is 5.75 Å². The van der Waals surface area contributed by atoms with Gasteiger partial charge in [-0.3, -0.25) is 4.79 Å². The SMILES string of the molecule is COc1cc(C)c(SN(C)CC(=O)NCCN)c(C)c1. The van der Waals surface area contributed by atoms with E-state index in [2.05, 4.69) is 5.32 Å². The first-order valence-electron chi connectivity index (χ1n) is 6.49. The minimum Gasteiger partial charge on any atom is -0.497 e. The molecule has 0 unspecified atom stereocenters. The van der Waals surface area contributed by atoms with Gasteiger partial charge in [-0.1, -0.05) is 0 Å². The number of amides is 1. The van der Waals surface area contributed by atoms with Crippen LogP contribution >= 0.6 is 11.9 Å². The van der Waals surface area contributed by atoms with Crippen molar-refractivity contribution in [2.24, 2.45) is 5.73 Å². The summed E-state index contributed by atoms with van der Waals surface area (Å²) in [6, 6.07) is 4.00. The highest BCUT2D eigenvalue weighted by molar-refractivity contribution is 7.97. The summed E-state index contributed by atoms with van der Waals surface area (Å²) in [6.45, 7) is 5.38. The van der Waals surface area contributed by atoms with E-state index < -0.39 is 0 Å². The molecule has 0 radical (unpaired) electrons. The maximum atomic E-state index is 11.6. The van der Waals surface area contributed by atoms with Crippen LogP contribution in [-0.2, 0) is 4.79 Å². The van der Waals surface area contributed by atoms with Crippen LogP contribution < -0.4 is 15.8 Å². The summed E-state index contributed by atoms with van der Waals surface area (Å²) in [4.78, 5) is 12.8. The number of carbonyl (C=O) groups is 1. The number of methoxy groups -OCH3 is 1. The van der Waals surface area contributed by atoms with E-state index in [1.54, 1.807) is 19.1 Å². The van der Waals surface area contributed by atoms with Crippen LogP contribution in [0.25, 0.3) is 0 Å². The van der Waals surface area contributed by atoms with Crippen molar-refractivity contribution >= 4 is 17.9 Å². The molecule has 0 fully saturated rings. The van der Waals surface area contributed by atoms with E-state index in [1.807, 2.05) is 37.3 Å². The number of nitrogens with two attached hydrogens (primary N) is 1. The van der Waals surface area contributed by atoms with Gasteiger partial charge in [-0.05, 0) is 56.1 Å². The molecule has 1 aromatic carbocycles. The molecule has 0 aliphatic rings. The zero-order valence-electron chi connectivity index (χ0n) is 12.5. The summed E-state index contributed by atoms with van der Waals surface area (Å²) in [5.74, 6) is 0.835. The summed E-state index contributed by atoms with van der Waals surface area (Å²) < 4.78 is 7.16. The van der Waals surface area contributed by atoms with Crippen LogP contribution in [0.15, 0.2) is 17.0 Å². The fraction of sp³-hybridized carbons (Fsp3) is 0.500. The molecule has 0 spiro atoms. The normalized spacial score (nSPS) is 10.7. The Morgan fingerprint density at radius 2 is 2.00 bits per heavy atom. The lowest BCUT2D eigenvalue weighted by Crippen LogP contribution is -2.35. The molecule has 0 atom stereocenters. The highest BCUT2D eigenvalue weighted by atomic mass is 32.2. The smallest absolute Gasteiger partial charge is 0.235 e. The Morgan fingerprint density at radius 3 is 2.50 bits per heavy atom. The van der Waals surface area contributed by atoms with Crippen molar-refractivity contribution < 1.29 is 9.53 Å². The fourth-order valence-corrected chi connectivity index (χ4v) is 2.73. The predicted octanol–water partition coefficient (Wildman–Crippen LogP) is 1.33. The van der Waals surface area contributed by atoms with Gasteiger partial charge in [-0.15, -0.1) is 0 Å². The largest absolute Gasteiger partial charge is 0.497 e. The summed E-state index contributed by atoms with van der Waals surface area (Å²) in [6.07, 6.45) is 0. The highest BCUT2D eigenvalue weighted by Gasteiger charge is 2.12. The Labute approximate surface area is 125 Å². The molecule has 6 heteroatoms. The minimum atomic E-state index is -0.0192. The quantitative estimate of drug-likeness (QED) is 0.743. The van der Waals surface area contributed by atoms with E-state index in [0.29, 0.717) is 19.6 Å². The first kappa shape index (κ1) is 16.8. The molecule has 1 rings (SSSR count). The molecule has 112 valence electrons. The average molecular weight is 297 g/mol. The number of benzene rings is 1. The van der Waals surface area contributed by atoms with Gasteiger partial charge in [0.05, 0.1) is 13.7 Å². The zero-order chi connectivity index (χ0) is 15.1. The van der Waals surface area contributed by atoms with Gasteiger partial charge >= 0.3 is 0 Å². The van der Waals surface area contributed by atoms with Gasteiger partial charge in [-0.2, -0.15) is 0 Å². The molecule has 0 saturated carbocycles. The lowest BCUT2D eigenvalue weighted by atomic mass is 10.1. The summed E-state index contributed by atoms with van der Waals surface area (Å²) >= 11 is 1.56. The summed E-state index contributed by atoms with van der Waals surface area (Å²) in [5.41, 5.74) is 7.63. The maximum Gasteiger partial charge on any atom is 0.235 e. The van der Waals surface area contributed by atoms with Gasteiger partial charge in [0.15, 0.2) is 0 Å². The fourth-order valence-electron chi connectivity index (χ4n) is 1.83. The monoisotopic (exact) mass is 297 g/mol. The van der Waals surface area contributed by atoms with Crippen molar-refractivity contribution in [1.82, 2.24) is 9.62 Å². The first-order chi connectivity index (χ1) is 9.47. The molecule has 3 N–H and O–H groups in total. The van der Waals surface area contributed by atoms with E-state index in [9.17, 15) is 4.79 Å². The number of nitrogens with zero attached hydrogens (tertiary/aromatic N) is 1. The van der Waals surface area contributed by atoms with Gasteiger partial charge in [-0.25, -0.2) is 4.31 Å². The van der Waals surface area contributed by atoms with Crippen LogP contribution in [0.4, 0.5) is 0 Å². The van der Waals surface area contributed by atoms with Crippen molar-refractivity contribution in [3.63, 3.8) is 0 Å². The first-order valence-corrected chi connectivity index (χ1v) is 7.26. The zero-order valence-corrected chi connectivity index (χ0v) is 13.3. The Hall–Kier alpha value is -1.24. The second-order valence-corrected chi connectivity index (χ2v) is 5.82. The number of nitrogens with one attached hydrogen (secondary N) is 1. The topological polar surface area (TPSA) is 67.6 Å². The number of ether oxygens (including phenoxy) is 1. The Kier molecular flexibility index (Phi) is 6.84. The van der Waals surface area contributed by atoms with Crippen LogP contribution in [-0.4, -0.2) is 44.0 Å². The van der Waals surface area contributed by atoms with Crippen molar-refractivity contribution in [3.05, 3.63) is 23.3 Å². The molecule has 0 aliphatic carbocycles. The number of carbonyl (C=O) groups excluding carboxylic acids is 1. The third kappa shape index (κ3) is 5.03. The molecule has 0 aromatic heterocycles. The molecule has 0 heterocycles. The average Bonchev–Trinajstić information content (AvgIpc) is 2.40. The number of hydrogen-bond acceptors (Lipinski definition) is 5. The maximum absolute atomic E-state index is 11.6. The molecule has 0 aliphatic heterocycles. The number of rotatable bonds is 7. The van der Waals surface area contributed by atoms with Gasteiger partial charge in [0.25, 0.3) is 0 Å². The summed E-state index contributed by atoms with van der Waals surface area (Å²) in [5, 5.41) is 2.76. The second-order valence-electron chi connectivity index (χ2n) is 4.61. The van der Waals surface area contributed by atoms with Gasteiger partial charge in [0, 0.05) is 18.0 Å². The molecule has 20 heavy (non-hydrogen) atoms. The van der Waals surface area contributed by atoms with E-state index in [1.165, 1.54) is 0 Å². The van der Waals surface area contributed by atoms with E-state index in [0.717, 1.165) is 21.8 Å². The van der Waals surface area contributed by atoms with Crippen LogP contribution in [0, 0.1) is 13.8 Å². The second kappa shape index (κ2) is 8.14. The summed E-state index contributed by atoms with van der Waals surface area (Å²) in [7, 11) is 3.56. The highest BCUT2D eigenvalue weighted by Crippen LogP contribution is 2.31. The minimum absolute atomic E-state index is 0.0192. The van der Waals surface area contributed by atoms with E-state index in [4.69, 9.17) is 10.5 Å². The standard InChI is InChI=1S/C14H23N3O2S/c1-10-7-12(19-4)8-11(2)14(10)20-17(3)9-13(18)16-6-5-15/h7-8H,5-6,9,15H2,1-4H3,(H,16,18). The molecule has 0 bridgehead atoms. The lowest BCUT2D eigenvalue weighted by molar-refractivity contribution is -0.120. The Balaban J connectivity index is 2.66. The van der Waals surface area contributed by atoms with Crippen molar-refractivity contribution in [2.75, 3.05) is 33.8 Å². The molecule has 0 saturated heterocycles. The Morgan fingerprint density at radius 1 is 1.40 bits per heavy atom. The third-order valence-corrected chi connectivity index (χ3v) is 4.02. The molecular formula is C14H23N3O2S. The van der Waals surface area contributed by atoms with E-state index >= 15 is 0 Å². The molecule has 1 aromatic rings. The third-order valence-electron chi connectivity index (χ3n) is 2.75. The van der Waals surface area contributed by atoms with Crippen molar-refractivity contribution in [1.29, 1.82) is 0 Å². The predicted molar refractivity (Wildman–Crippen MR) is 83.0 cm³/mol. The van der Waals surface area contributed by atoms with Gasteiger partial charge < -0.3 is 15.8 Å². The Bertz CT molecular complexity index is 443. The van der Waals surface area contributed by atoms with E-state index in [-0.39, 0.29) is 5.91 Å². The molecular weight excluding hydrogens is 274 g/mol. The number of hydrogen-bond donors (Lipinski definition) is 2. The van der Waals surface area contributed by atoms with Crippen molar-refractivity contribution in [3.8, 4) is 5.75 Å². The van der Waals surface area contributed by atoms with Crippen molar-refractivity contribution in [2.45, 2.75) is 18.7 Å². The van der Waals surface area contributed by atoms with Gasteiger partial charge in [0.2, 0.25) is 5.91 Å².